The van der Waals surface area contributed by atoms with Crippen molar-refractivity contribution in [3.8, 4) is 5.75 Å². The molecule has 2 N–H and O–H groups in total. The van der Waals surface area contributed by atoms with Gasteiger partial charge in [0.05, 0.1) is 6.04 Å². The average molecular weight is 394 g/mol. The summed E-state index contributed by atoms with van der Waals surface area (Å²) in [4.78, 5) is 32.1. The van der Waals surface area contributed by atoms with E-state index in [9.17, 15) is 22.8 Å². The highest BCUT2D eigenvalue weighted by Gasteiger charge is 2.31. The second-order valence-electron chi connectivity index (χ2n) is 6.34. The Morgan fingerprint density at radius 1 is 1.18 bits per heavy atom. The molecule has 0 spiro atoms. The Bertz CT molecular complexity index is 867. The normalized spacial score (nSPS) is 14.9. The van der Waals surface area contributed by atoms with Gasteiger partial charge in [0.15, 0.2) is 0 Å². The first-order valence-electron chi connectivity index (χ1n) is 8.52. The summed E-state index contributed by atoms with van der Waals surface area (Å²) in [7, 11) is 0. The maximum atomic E-state index is 12.4. The van der Waals surface area contributed by atoms with E-state index < -0.39 is 18.3 Å². The Morgan fingerprint density at radius 3 is 2.46 bits per heavy atom. The second kappa shape index (κ2) is 7.83. The minimum Gasteiger partial charge on any atom is -0.406 e. The Kier molecular flexibility index (Phi) is 5.48. The van der Waals surface area contributed by atoms with Gasteiger partial charge in [-0.2, -0.15) is 0 Å². The van der Waals surface area contributed by atoms with Gasteiger partial charge in [-0.05, 0) is 43.5 Å². The summed E-state index contributed by atoms with van der Waals surface area (Å²) in [6.07, 6.45) is -1.74. The highest BCUT2D eigenvalue weighted by molar-refractivity contribution is 5.95. The van der Waals surface area contributed by atoms with Gasteiger partial charge >= 0.3 is 6.36 Å². The van der Waals surface area contributed by atoms with Crippen molar-refractivity contribution < 1.29 is 27.5 Å². The number of ether oxygens (including phenoxy) is 1. The number of amides is 2. The van der Waals surface area contributed by atoms with Crippen molar-refractivity contribution in [3.63, 3.8) is 0 Å². The van der Waals surface area contributed by atoms with E-state index in [1.807, 2.05) is 0 Å². The fourth-order valence-electron chi connectivity index (χ4n) is 2.42. The Hall–Kier alpha value is -3.17. The predicted octanol–water partition coefficient (Wildman–Crippen LogP) is 3.21. The zero-order valence-electron chi connectivity index (χ0n) is 14.8. The molecule has 1 aliphatic rings. The lowest BCUT2D eigenvalue weighted by atomic mass is 10.1. The van der Waals surface area contributed by atoms with Gasteiger partial charge in [-0.15, -0.1) is 13.2 Å². The molecular weight excluding hydrogens is 377 g/mol. The molecule has 0 radical (unpaired) electrons. The molecule has 148 valence electrons. The standard InChI is InChI=1S/C18H17F3N4O3/c1-10(11-4-6-13(7-5-11)28-18(19,20)21)23-16(27)14-8-9-22-17(24-14)25-15(26)12-2-3-12/h4-10,12H,2-3H2,1H3,(H,23,27)(H,22,24,25,26). The van der Waals surface area contributed by atoms with E-state index in [4.69, 9.17) is 0 Å². The number of hydrogen-bond donors (Lipinski definition) is 2. The summed E-state index contributed by atoms with van der Waals surface area (Å²) in [5.74, 6) is -1.00. The van der Waals surface area contributed by atoms with Crippen LogP contribution in [0.1, 0.15) is 41.9 Å². The molecule has 1 aromatic heterocycles. The third-order valence-corrected chi connectivity index (χ3v) is 4.03. The molecule has 28 heavy (non-hydrogen) atoms. The summed E-state index contributed by atoms with van der Waals surface area (Å²) in [6.45, 7) is 1.68. The van der Waals surface area contributed by atoms with E-state index in [2.05, 4.69) is 25.3 Å². The van der Waals surface area contributed by atoms with Gasteiger partial charge in [0.1, 0.15) is 11.4 Å². The van der Waals surface area contributed by atoms with E-state index in [1.165, 1.54) is 36.5 Å². The molecule has 1 heterocycles. The molecule has 10 heteroatoms. The molecule has 1 fully saturated rings. The number of anilines is 1. The van der Waals surface area contributed by atoms with Crippen molar-refractivity contribution >= 4 is 17.8 Å². The third kappa shape index (κ3) is 5.41. The molecule has 0 saturated heterocycles. The van der Waals surface area contributed by atoms with E-state index in [-0.39, 0.29) is 29.2 Å². The Labute approximate surface area is 158 Å². The van der Waals surface area contributed by atoms with Gasteiger partial charge in [-0.25, -0.2) is 9.97 Å². The number of aromatic nitrogens is 2. The number of benzene rings is 1. The lowest BCUT2D eigenvalue weighted by molar-refractivity contribution is -0.274. The molecule has 1 unspecified atom stereocenters. The fourth-order valence-corrected chi connectivity index (χ4v) is 2.42. The molecule has 2 amide bonds. The first-order chi connectivity index (χ1) is 13.2. The van der Waals surface area contributed by atoms with Gasteiger partial charge in [-0.3, -0.25) is 14.9 Å². The number of hydrogen-bond acceptors (Lipinski definition) is 5. The largest absolute Gasteiger partial charge is 0.573 e. The van der Waals surface area contributed by atoms with Crippen LogP contribution in [0.3, 0.4) is 0 Å². The molecule has 7 nitrogen and oxygen atoms in total. The topological polar surface area (TPSA) is 93.2 Å². The molecule has 1 atom stereocenters. The minimum absolute atomic E-state index is 0.0228. The van der Waals surface area contributed by atoms with Crippen LogP contribution < -0.4 is 15.4 Å². The van der Waals surface area contributed by atoms with Crippen LogP contribution in [0.25, 0.3) is 0 Å². The highest BCUT2D eigenvalue weighted by Crippen LogP contribution is 2.29. The van der Waals surface area contributed by atoms with Crippen molar-refractivity contribution in [2.75, 3.05) is 5.32 Å². The first-order valence-corrected chi connectivity index (χ1v) is 8.52. The van der Waals surface area contributed by atoms with Crippen molar-refractivity contribution in [3.05, 3.63) is 47.8 Å². The van der Waals surface area contributed by atoms with E-state index in [0.29, 0.717) is 5.56 Å². The molecule has 3 rings (SSSR count). The van der Waals surface area contributed by atoms with Crippen LogP contribution >= 0.6 is 0 Å². The quantitative estimate of drug-likeness (QED) is 0.785. The molecular formula is C18H17F3N4O3. The first kappa shape index (κ1) is 19.6. The molecule has 1 saturated carbocycles. The van der Waals surface area contributed by atoms with Gasteiger partial charge in [0.2, 0.25) is 11.9 Å². The average Bonchev–Trinajstić information content (AvgIpc) is 3.46. The van der Waals surface area contributed by atoms with E-state index in [1.54, 1.807) is 6.92 Å². The SMILES string of the molecule is CC(NC(=O)c1ccnc(NC(=O)C2CC2)n1)c1ccc(OC(F)(F)F)cc1. The minimum atomic E-state index is -4.76. The van der Waals surface area contributed by atoms with Gasteiger partial charge in [0.25, 0.3) is 5.91 Å². The number of rotatable bonds is 6. The lowest BCUT2D eigenvalue weighted by Crippen LogP contribution is -2.28. The predicted molar refractivity (Wildman–Crippen MR) is 92.4 cm³/mol. The zero-order chi connectivity index (χ0) is 20.3. The fraction of sp³-hybridized carbons (Fsp3) is 0.333. The van der Waals surface area contributed by atoms with Crippen molar-refractivity contribution in [1.29, 1.82) is 0 Å². The summed E-state index contributed by atoms with van der Waals surface area (Å²) < 4.78 is 40.4. The molecule has 1 aliphatic carbocycles. The molecule has 2 aromatic rings. The monoisotopic (exact) mass is 394 g/mol. The third-order valence-electron chi connectivity index (χ3n) is 4.03. The van der Waals surface area contributed by atoms with Crippen LogP contribution in [0, 0.1) is 5.92 Å². The van der Waals surface area contributed by atoms with Crippen LogP contribution in [-0.4, -0.2) is 28.1 Å². The lowest BCUT2D eigenvalue weighted by Gasteiger charge is -2.15. The number of nitrogens with zero attached hydrogens (tertiary/aromatic N) is 2. The number of carbonyl (C=O) groups excluding carboxylic acids is 2. The van der Waals surface area contributed by atoms with Crippen LogP contribution in [0.5, 0.6) is 5.75 Å². The molecule has 0 bridgehead atoms. The van der Waals surface area contributed by atoms with Gasteiger partial charge in [-0.1, -0.05) is 12.1 Å². The zero-order valence-corrected chi connectivity index (χ0v) is 14.8. The number of alkyl halides is 3. The summed E-state index contributed by atoms with van der Waals surface area (Å²) in [5, 5.41) is 5.25. The van der Waals surface area contributed by atoms with Crippen LogP contribution in [0.4, 0.5) is 19.1 Å². The smallest absolute Gasteiger partial charge is 0.406 e. The maximum Gasteiger partial charge on any atom is 0.573 e. The van der Waals surface area contributed by atoms with Crippen LogP contribution in [0.15, 0.2) is 36.5 Å². The number of halogens is 3. The summed E-state index contributed by atoms with van der Waals surface area (Å²) in [5.41, 5.74) is 0.643. The summed E-state index contributed by atoms with van der Waals surface area (Å²) in [6, 6.07) is 6.09. The number of nitrogens with one attached hydrogen (secondary N) is 2. The Balaban J connectivity index is 1.61. The maximum absolute atomic E-state index is 12.4. The van der Waals surface area contributed by atoms with Crippen LogP contribution in [-0.2, 0) is 4.79 Å². The highest BCUT2D eigenvalue weighted by atomic mass is 19.4. The van der Waals surface area contributed by atoms with Crippen molar-refractivity contribution in [2.45, 2.75) is 32.2 Å². The van der Waals surface area contributed by atoms with Gasteiger partial charge in [0, 0.05) is 12.1 Å². The summed E-state index contributed by atoms with van der Waals surface area (Å²) >= 11 is 0. The van der Waals surface area contributed by atoms with Crippen molar-refractivity contribution in [2.24, 2.45) is 5.92 Å². The van der Waals surface area contributed by atoms with Crippen molar-refractivity contribution in [1.82, 2.24) is 15.3 Å². The van der Waals surface area contributed by atoms with E-state index in [0.717, 1.165) is 12.8 Å². The molecule has 1 aromatic carbocycles. The molecule has 0 aliphatic heterocycles. The number of carbonyl (C=O) groups is 2. The second-order valence-corrected chi connectivity index (χ2v) is 6.34. The van der Waals surface area contributed by atoms with Gasteiger partial charge < -0.3 is 10.1 Å². The Morgan fingerprint density at radius 2 is 1.86 bits per heavy atom. The van der Waals surface area contributed by atoms with Crippen LogP contribution in [0.2, 0.25) is 0 Å². The van der Waals surface area contributed by atoms with E-state index >= 15 is 0 Å².